The highest BCUT2D eigenvalue weighted by atomic mass is 19.4. The van der Waals surface area contributed by atoms with Crippen molar-refractivity contribution >= 4 is 28.6 Å². The Bertz CT molecular complexity index is 1650. The normalized spacial score (nSPS) is 11.8. The van der Waals surface area contributed by atoms with Gasteiger partial charge < -0.3 is 20.2 Å². The number of halogens is 6. The van der Waals surface area contributed by atoms with Crippen LogP contribution in [-0.2, 0) is 11.0 Å². The van der Waals surface area contributed by atoms with Gasteiger partial charge >= 0.3 is 18.3 Å². The van der Waals surface area contributed by atoms with Gasteiger partial charge in [-0.15, -0.1) is 0 Å². The van der Waals surface area contributed by atoms with Crippen LogP contribution in [0.25, 0.3) is 39.3 Å². The summed E-state index contributed by atoms with van der Waals surface area (Å²) in [5.74, 6) is -2.74. The van der Waals surface area contributed by atoms with Crippen LogP contribution in [0.15, 0.2) is 67.0 Å². The fraction of sp³-hybridized carbons (Fsp3) is 0.0833. The third-order valence-electron chi connectivity index (χ3n) is 5.26. The number of aromatic amines is 1. The van der Waals surface area contributed by atoms with Gasteiger partial charge in [-0.25, -0.2) is 14.8 Å². The summed E-state index contributed by atoms with van der Waals surface area (Å²) < 4.78 is 72.1. The van der Waals surface area contributed by atoms with Gasteiger partial charge in [-0.1, -0.05) is 30.3 Å². The minimum Gasteiger partial charge on any atom is -0.475 e. The van der Waals surface area contributed by atoms with Gasteiger partial charge in [0.15, 0.2) is 0 Å². The molecule has 4 N–H and O–H groups in total. The second-order valence-corrected chi connectivity index (χ2v) is 7.84. The van der Waals surface area contributed by atoms with Crippen molar-refractivity contribution in [3.63, 3.8) is 0 Å². The summed E-state index contributed by atoms with van der Waals surface area (Å²) in [6.45, 7) is 0. The number of carbonyl (C=O) groups excluding carboxylic acids is 1. The Morgan fingerprint density at radius 3 is 2.13 bits per heavy atom. The average molecular weight is 535 g/mol. The summed E-state index contributed by atoms with van der Waals surface area (Å²) in [6, 6.07) is 14.4. The first kappa shape index (κ1) is 26.2. The van der Waals surface area contributed by atoms with Crippen LogP contribution in [0.2, 0.25) is 0 Å². The molecule has 0 atom stereocenters. The lowest BCUT2D eigenvalue weighted by molar-refractivity contribution is -0.192. The van der Waals surface area contributed by atoms with Gasteiger partial charge in [0.1, 0.15) is 17.0 Å². The monoisotopic (exact) mass is 535 g/mol. The molecule has 0 saturated heterocycles. The summed E-state index contributed by atoms with van der Waals surface area (Å²) in [4.78, 5) is 32.5. The number of nitrogens with zero attached hydrogens (tertiary/aromatic N) is 3. The molecule has 0 aliphatic rings. The molecule has 14 heteroatoms. The van der Waals surface area contributed by atoms with Crippen molar-refractivity contribution in [2.24, 2.45) is 5.73 Å². The van der Waals surface area contributed by atoms with E-state index in [2.05, 4.69) is 15.0 Å². The Morgan fingerprint density at radius 2 is 1.55 bits per heavy atom. The minimum atomic E-state index is -5.08. The summed E-state index contributed by atoms with van der Waals surface area (Å²) in [5.41, 5.74) is 8.47. The zero-order chi connectivity index (χ0) is 27.8. The Morgan fingerprint density at radius 1 is 0.921 bits per heavy atom. The van der Waals surface area contributed by atoms with Crippen LogP contribution in [0.5, 0.6) is 0 Å². The molecular formula is C24H15F6N5O3. The highest BCUT2D eigenvalue weighted by Gasteiger charge is 2.38. The molecule has 8 nitrogen and oxygen atoms in total. The molecule has 196 valence electrons. The molecule has 0 aliphatic heterocycles. The van der Waals surface area contributed by atoms with Crippen LogP contribution in [0.1, 0.15) is 15.9 Å². The summed E-state index contributed by atoms with van der Waals surface area (Å²) in [6.07, 6.45) is -6.49. The predicted octanol–water partition coefficient (Wildman–Crippen LogP) is 5.30. The molecule has 3 heterocycles. The highest BCUT2D eigenvalue weighted by Crippen LogP contribution is 2.31. The SMILES string of the molecule is NC(=O)c1cccc2[nH]c(-c3ccc(-c4cn5ccc(C(F)(F)F)cc5n4)cc3)nc12.O=C(O)C(F)(F)F. The van der Waals surface area contributed by atoms with Crippen LogP contribution in [0, 0.1) is 0 Å². The van der Waals surface area contributed by atoms with Gasteiger partial charge in [0, 0.05) is 23.5 Å². The molecule has 1 amide bonds. The van der Waals surface area contributed by atoms with Crippen LogP contribution in [-0.4, -0.2) is 42.5 Å². The number of rotatable bonds is 3. The number of aromatic nitrogens is 4. The molecule has 0 fully saturated rings. The Balaban J connectivity index is 0.000000426. The highest BCUT2D eigenvalue weighted by molar-refractivity contribution is 6.04. The van der Waals surface area contributed by atoms with Gasteiger partial charge in [-0.2, -0.15) is 26.3 Å². The number of primary amides is 1. The molecule has 0 aliphatic carbocycles. The first-order valence-electron chi connectivity index (χ1n) is 10.5. The summed E-state index contributed by atoms with van der Waals surface area (Å²) >= 11 is 0. The van der Waals surface area contributed by atoms with E-state index in [4.69, 9.17) is 15.6 Å². The second kappa shape index (κ2) is 9.53. The zero-order valence-electron chi connectivity index (χ0n) is 18.8. The van der Waals surface area contributed by atoms with E-state index in [1.807, 2.05) is 24.3 Å². The van der Waals surface area contributed by atoms with Crippen molar-refractivity contribution in [1.29, 1.82) is 0 Å². The van der Waals surface area contributed by atoms with Gasteiger partial charge in [-0.05, 0) is 24.3 Å². The van der Waals surface area contributed by atoms with Crippen LogP contribution in [0.3, 0.4) is 0 Å². The molecule has 0 saturated carbocycles. The molecule has 5 rings (SSSR count). The van der Waals surface area contributed by atoms with Gasteiger partial charge in [0.05, 0.1) is 22.3 Å². The number of aliphatic carboxylic acids is 1. The van der Waals surface area contributed by atoms with Crippen LogP contribution in [0.4, 0.5) is 26.3 Å². The molecule has 0 spiro atoms. The number of fused-ring (bicyclic) bond motifs is 2. The Kier molecular flexibility index (Phi) is 6.57. The number of amides is 1. The molecule has 5 aromatic rings. The van der Waals surface area contributed by atoms with E-state index in [1.165, 1.54) is 6.20 Å². The van der Waals surface area contributed by atoms with Gasteiger partial charge in [0.25, 0.3) is 5.91 Å². The maximum Gasteiger partial charge on any atom is 0.490 e. The number of hydrogen-bond acceptors (Lipinski definition) is 4. The van der Waals surface area contributed by atoms with Crippen LogP contribution < -0.4 is 5.73 Å². The topological polar surface area (TPSA) is 126 Å². The number of nitrogens with one attached hydrogen (secondary N) is 1. The third kappa shape index (κ3) is 5.43. The molecule has 2 aromatic carbocycles. The van der Waals surface area contributed by atoms with Gasteiger partial charge in [0.2, 0.25) is 0 Å². The fourth-order valence-corrected chi connectivity index (χ4v) is 3.46. The number of carbonyl (C=O) groups is 2. The number of carboxylic acid groups (broad SMARTS) is 1. The van der Waals surface area contributed by atoms with E-state index in [0.29, 0.717) is 28.1 Å². The first-order chi connectivity index (χ1) is 17.7. The van der Waals surface area contributed by atoms with Gasteiger partial charge in [-0.3, -0.25) is 4.79 Å². The van der Waals surface area contributed by atoms with Crippen molar-refractivity contribution < 1.29 is 41.0 Å². The maximum atomic E-state index is 12.9. The number of hydrogen-bond donors (Lipinski definition) is 3. The number of para-hydroxylation sites is 1. The zero-order valence-corrected chi connectivity index (χ0v) is 18.8. The van der Waals surface area contributed by atoms with E-state index < -0.39 is 29.8 Å². The van der Waals surface area contributed by atoms with Crippen molar-refractivity contribution in [1.82, 2.24) is 19.4 Å². The second-order valence-electron chi connectivity index (χ2n) is 7.84. The number of benzene rings is 2. The largest absolute Gasteiger partial charge is 0.490 e. The van der Waals surface area contributed by atoms with E-state index in [1.54, 1.807) is 28.8 Å². The molecular weight excluding hydrogens is 520 g/mol. The van der Waals surface area contributed by atoms with E-state index in [-0.39, 0.29) is 5.65 Å². The molecule has 0 unspecified atom stereocenters. The Hall–Kier alpha value is -4.88. The van der Waals surface area contributed by atoms with Crippen molar-refractivity contribution in [3.8, 4) is 22.6 Å². The molecule has 0 radical (unpaired) electrons. The quantitative estimate of drug-likeness (QED) is 0.271. The summed E-state index contributed by atoms with van der Waals surface area (Å²) in [5, 5.41) is 7.12. The number of alkyl halides is 6. The number of nitrogens with two attached hydrogens (primary N) is 1. The van der Waals surface area contributed by atoms with Crippen molar-refractivity contribution in [2.45, 2.75) is 12.4 Å². The van der Waals surface area contributed by atoms with Crippen molar-refractivity contribution in [3.05, 3.63) is 78.1 Å². The number of pyridine rings is 1. The van der Waals surface area contributed by atoms with E-state index in [0.717, 1.165) is 23.3 Å². The lowest BCUT2D eigenvalue weighted by atomic mass is 10.1. The smallest absolute Gasteiger partial charge is 0.475 e. The summed E-state index contributed by atoms with van der Waals surface area (Å²) in [7, 11) is 0. The van der Waals surface area contributed by atoms with Crippen LogP contribution >= 0.6 is 0 Å². The number of imidazole rings is 2. The van der Waals surface area contributed by atoms with Crippen molar-refractivity contribution in [2.75, 3.05) is 0 Å². The predicted molar refractivity (Wildman–Crippen MR) is 123 cm³/mol. The molecule has 3 aromatic heterocycles. The Labute approximate surface area is 208 Å². The molecule has 0 bridgehead atoms. The molecule has 38 heavy (non-hydrogen) atoms. The van der Waals surface area contributed by atoms with E-state index in [9.17, 15) is 31.1 Å². The average Bonchev–Trinajstić information content (AvgIpc) is 3.47. The lowest BCUT2D eigenvalue weighted by Crippen LogP contribution is -2.21. The maximum absolute atomic E-state index is 12.9. The number of carboxylic acids is 1. The van der Waals surface area contributed by atoms with E-state index >= 15 is 0 Å². The first-order valence-corrected chi connectivity index (χ1v) is 10.5. The number of H-pyrrole nitrogens is 1. The lowest BCUT2D eigenvalue weighted by Gasteiger charge is -2.05. The third-order valence-corrected chi connectivity index (χ3v) is 5.26. The standard InChI is InChI=1S/C22H14F3N5O.C2HF3O2/c23-22(24,25)14-8-9-30-11-17(27-18(30)10-14)12-4-6-13(7-5-12)21-28-16-3-1-2-15(20(26)31)19(16)29-21;3-2(4,5)1(6)7/h1-11H,(H2,26,31)(H,28,29);(H,6,7). The minimum absolute atomic E-state index is 0.213. The fourth-order valence-electron chi connectivity index (χ4n) is 3.46.